The van der Waals surface area contributed by atoms with Gasteiger partial charge in [0.05, 0.1) is 13.7 Å². The van der Waals surface area contributed by atoms with Gasteiger partial charge in [-0.15, -0.1) is 24.0 Å². The molecule has 0 aliphatic heterocycles. The Morgan fingerprint density at radius 2 is 1.96 bits per heavy atom. The van der Waals surface area contributed by atoms with Crippen LogP contribution in [0.1, 0.15) is 34.1 Å². The number of halogens is 1. The first kappa shape index (κ1) is 21.8. The zero-order valence-electron chi connectivity index (χ0n) is 14.8. The Kier molecular flexibility index (Phi) is 11.6. The minimum absolute atomic E-state index is 0. The van der Waals surface area contributed by atoms with Gasteiger partial charge in [0.1, 0.15) is 0 Å². The van der Waals surface area contributed by atoms with Crippen LogP contribution in [0.2, 0.25) is 0 Å². The van der Waals surface area contributed by atoms with Crippen molar-refractivity contribution in [2.45, 2.75) is 34.1 Å². The van der Waals surface area contributed by atoms with Crippen LogP contribution >= 0.6 is 24.0 Å². The van der Waals surface area contributed by atoms with Crippen molar-refractivity contribution in [2.24, 2.45) is 10.9 Å². The van der Waals surface area contributed by atoms with Crippen molar-refractivity contribution in [1.82, 2.24) is 5.32 Å². The smallest absolute Gasteiger partial charge is 0.195 e. The highest BCUT2D eigenvalue weighted by atomic mass is 127. The fourth-order valence-corrected chi connectivity index (χ4v) is 1.90. The lowest BCUT2D eigenvalue weighted by Gasteiger charge is -2.14. The summed E-state index contributed by atoms with van der Waals surface area (Å²) in [6.07, 6.45) is 1.07. The normalized spacial score (nSPS) is 11.0. The molecule has 0 bridgehead atoms. The molecular weight excluding hydrogens is 405 g/mol. The van der Waals surface area contributed by atoms with E-state index in [-0.39, 0.29) is 24.0 Å². The second kappa shape index (κ2) is 12.3. The molecular formula is C17H30IN3O2. The average molecular weight is 435 g/mol. The van der Waals surface area contributed by atoms with Gasteiger partial charge >= 0.3 is 0 Å². The number of nitrogens with zero attached hydrogens (tertiary/aromatic N) is 1. The summed E-state index contributed by atoms with van der Waals surface area (Å²) in [5.74, 6) is 2.90. The molecule has 0 aromatic heterocycles. The molecule has 1 aromatic rings. The predicted octanol–water partition coefficient (Wildman–Crippen LogP) is 4.14. The number of methoxy groups -OCH3 is 1. The molecule has 0 atom stereocenters. The SMILES string of the molecule is CCNC(=NCCC(C)C)Nc1ccc(OC)c(OCC)c1.I. The predicted molar refractivity (Wildman–Crippen MR) is 109 cm³/mol. The van der Waals surface area contributed by atoms with Gasteiger partial charge in [-0.05, 0) is 38.3 Å². The van der Waals surface area contributed by atoms with E-state index < -0.39 is 0 Å². The quantitative estimate of drug-likeness (QED) is 0.366. The number of nitrogens with one attached hydrogen (secondary N) is 2. The van der Waals surface area contributed by atoms with Gasteiger partial charge in [-0.3, -0.25) is 4.99 Å². The maximum absolute atomic E-state index is 5.60. The molecule has 23 heavy (non-hydrogen) atoms. The summed E-state index contributed by atoms with van der Waals surface area (Å²) < 4.78 is 10.9. The van der Waals surface area contributed by atoms with Gasteiger partial charge in [0, 0.05) is 24.8 Å². The Morgan fingerprint density at radius 1 is 1.22 bits per heavy atom. The molecule has 0 aliphatic carbocycles. The molecule has 6 heteroatoms. The van der Waals surface area contributed by atoms with E-state index in [2.05, 4.69) is 36.4 Å². The second-order valence-corrected chi connectivity index (χ2v) is 5.37. The molecule has 0 heterocycles. The van der Waals surface area contributed by atoms with Gasteiger partial charge in [-0.25, -0.2) is 0 Å². The summed E-state index contributed by atoms with van der Waals surface area (Å²) in [5, 5.41) is 6.56. The van der Waals surface area contributed by atoms with Crippen LogP contribution in [-0.2, 0) is 0 Å². The van der Waals surface area contributed by atoms with Crippen LogP contribution in [0.3, 0.4) is 0 Å². The Bertz CT molecular complexity index is 479. The summed E-state index contributed by atoms with van der Waals surface area (Å²) in [5.41, 5.74) is 0.925. The van der Waals surface area contributed by atoms with Gasteiger partial charge in [0.25, 0.3) is 0 Å². The van der Waals surface area contributed by atoms with E-state index >= 15 is 0 Å². The van der Waals surface area contributed by atoms with E-state index in [1.807, 2.05) is 25.1 Å². The third kappa shape index (κ3) is 8.29. The van der Waals surface area contributed by atoms with Crippen molar-refractivity contribution in [3.05, 3.63) is 18.2 Å². The zero-order valence-corrected chi connectivity index (χ0v) is 17.1. The summed E-state index contributed by atoms with van der Waals surface area (Å²) >= 11 is 0. The Hall–Kier alpha value is -1.18. The third-order valence-corrected chi connectivity index (χ3v) is 3.05. The van der Waals surface area contributed by atoms with Gasteiger partial charge in [0.2, 0.25) is 0 Å². The lowest BCUT2D eigenvalue weighted by molar-refractivity contribution is 0.311. The number of anilines is 1. The van der Waals surface area contributed by atoms with E-state index in [4.69, 9.17) is 9.47 Å². The molecule has 0 saturated carbocycles. The molecule has 0 aliphatic rings. The monoisotopic (exact) mass is 435 g/mol. The second-order valence-electron chi connectivity index (χ2n) is 5.37. The van der Waals surface area contributed by atoms with Crippen LogP contribution in [0.4, 0.5) is 5.69 Å². The molecule has 1 rings (SSSR count). The van der Waals surface area contributed by atoms with Crippen LogP contribution in [0.5, 0.6) is 11.5 Å². The Labute approximate surface area is 157 Å². The largest absolute Gasteiger partial charge is 0.493 e. The van der Waals surface area contributed by atoms with Crippen LogP contribution < -0.4 is 20.1 Å². The lowest BCUT2D eigenvalue weighted by Crippen LogP contribution is -2.30. The first-order valence-electron chi connectivity index (χ1n) is 7.96. The molecule has 0 amide bonds. The number of hydrogen-bond donors (Lipinski definition) is 2. The summed E-state index contributed by atoms with van der Waals surface area (Å²) in [4.78, 5) is 4.59. The zero-order chi connectivity index (χ0) is 16.4. The third-order valence-electron chi connectivity index (χ3n) is 3.05. The highest BCUT2D eigenvalue weighted by Gasteiger charge is 2.07. The summed E-state index contributed by atoms with van der Waals surface area (Å²) in [6.45, 7) is 10.6. The van der Waals surface area contributed by atoms with Gasteiger partial charge in [-0.2, -0.15) is 0 Å². The molecule has 0 radical (unpaired) electrons. The topological polar surface area (TPSA) is 54.9 Å². The van der Waals surface area contributed by atoms with E-state index in [9.17, 15) is 0 Å². The Morgan fingerprint density at radius 3 is 2.52 bits per heavy atom. The van der Waals surface area contributed by atoms with E-state index in [0.717, 1.165) is 42.7 Å². The number of guanidine groups is 1. The fourth-order valence-electron chi connectivity index (χ4n) is 1.90. The van der Waals surface area contributed by atoms with Crippen molar-refractivity contribution in [1.29, 1.82) is 0 Å². The maximum Gasteiger partial charge on any atom is 0.195 e. The minimum atomic E-state index is 0. The molecule has 1 aromatic carbocycles. The molecule has 0 unspecified atom stereocenters. The first-order chi connectivity index (χ1) is 10.6. The van der Waals surface area contributed by atoms with E-state index in [1.165, 1.54) is 0 Å². The molecule has 2 N–H and O–H groups in total. The molecule has 5 nitrogen and oxygen atoms in total. The van der Waals surface area contributed by atoms with Crippen molar-refractivity contribution in [2.75, 3.05) is 32.1 Å². The number of hydrogen-bond acceptors (Lipinski definition) is 3. The van der Waals surface area contributed by atoms with Crippen molar-refractivity contribution in [3.8, 4) is 11.5 Å². The van der Waals surface area contributed by atoms with Crippen molar-refractivity contribution >= 4 is 35.6 Å². The van der Waals surface area contributed by atoms with Crippen molar-refractivity contribution < 1.29 is 9.47 Å². The maximum atomic E-state index is 5.60. The molecule has 132 valence electrons. The van der Waals surface area contributed by atoms with Crippen LogP contribution in [0.25, 0.3) is 0 Å². The number of ether oxygens (including phenoxy) is 2. The number of benzene rings is 1. The van der Waals surface area contributed by atoms with Crippen LogP contribution in [0, 0.1) is 5.92 Å². The molecule has 0 spiro atoms. The standard InChI is InChI=1S/C17H29N3O2.HI/c1-6-18-17(19-11-10-13(3)4)20-14-8-9-15(21-5)16(12-14)22-7-2;/h8-9,12-13H,6-7,10-11H2,1-5H3,(H2,18,19,20);1H. The van der Waals surface area contributed by atoms with Gasteiger partial charge in [-0.1, -0.05) is 13.8 Å². The minimum Gasteiger partial charge on any atom is -0.493 e. The highest BCUT2D eigenvalue weighted by molar-refractivity contribution is 14.0. The average Bonchev–Trinajstić information content (AvgIpc) is 2.48. The van der Waals surface area contributed by atoms with E-state index in [1.54, 1.807) is 7.11 Å². The summed E-state index contributed by atoms with van der Waals surface area (Å²) in [6, 6.07) is 5.78. The molecule has 0 saturated heterocycles. The Balaban J connectivity index is 0.00000484. The fraction of sp³-hybridized carbons (Fsp3) is 0.588. The summed E-state index contributed by atoms with van der Waals surface area (Å²) in [7, 11) is 1.64. The highest BCUT2D eigenvalue weighted by Crippen LogP contribution is 2.30. The van der Waals surface area contributed by atoms with Gasteiger partial charge in [0.15, 0.2) is 17.5 Å². The van der Waals surface area contributed by atoms with E-state index in [0.29, 0.717) is 12.5 Å². The van der Waals surface area contributed by atoms with Crippen molar-refractivity contribution in [3.63, 3.8) is 0 Å². The van der Waals surface area contributed by atoms with Crippen LogP contribution in [-0.4, -0.2) is 32.8 Å². The number of aliphatic imine (C=N–C) groups is 1. The van der Waals surface area contributed by atoms with Crippen LogP contribution in [0.15, 0.2) is 23.2 Å². The molecule has 0 fully saturated rings. The lowest BCUT2D eigenvalue weighted by atomic mass is 10.1. The number of rotatable bonds is 8. The first-order valence-corrected chi connectivity index (χ1v) is 7.96. The van der Waals surface area contributed by atoms with Gasteiger partial charge < -0.3 is 20.1 Å².